The molecular formula is C16H16O5S. The van der Waals surface area contributed by atoms with Crippen LogP contribution < -0.4 is 0 Å². The van der Waals surface area contributed by atoms with E-state index in [1.165, 1.54) is 25.3 Å². The van der Waals surface area contributed by atoms with Crippen molar-refractivity contribution in [3.05, 3.63) is 42.0 Å². The van der Waals surface area contributed by atoms with Crippen molar-refractivity contribution in [2.24, 2.45) is 11.8 Å². The van der Waals surface area contributed by atoms with Crippen LogP contribution in [0.3, 0.4) is 0 Å². The first kappa shape index (κ1) is 15.0. The molecule has 3 atom stereocenters. The van der Waals surface area contributed by atoms with Crippen LogP contribution in [0.2, 0.25) is 0 Å². The summed E-state index contributed by atoms with van der Waals surface area (Å²) in [5.74, 6) is -1.48. The number of hydrogen-bond donors (Lipinski definition) is 0. The lowest BCUT2D eigenvalue weighted by Crippen LogP contribution is -2.22. The molecule has 0 N–H and O–H groups in total. The Morgan fingerprint density at radius 2 is 1.91 bits per heavy atom. The summed E-state index contributed by atoms with van der Waals surface area (Å²) >= 11 is 0. The summed E-state index contributed by atoms with van der Waals surface area (Å²) in [6, 6.07) is 8.13. The van der Waals surface area contributed by atoms with Gasteiger partial charge in [0.25, 0.3) is 0 Å². The molecule has 1 aromatic carbocycles. The number of sulfone groups is 1. The number of hydrogen-bond acceptors (Lipinski definition) is 5. The lowest BCUT2D eigenvalue weighted by molar-refractivity contribution is -0.146. The Bertz CT molecular complexity index is 748. The van der Waals surface area contributed by atoms with Crippen molar-refractivity contribution in [1.29, 1.82) is 0 Å². The summed E-state index contributed by atoms with van der Waals surface area (Å²) < 4.78 is 30.4. The van der Waals surface area contributed by atoms with Crippen molar-refractivity contribution in [3.8, 4) is 0 Å². The van der Waals surface area contributed by atoms with Gasteiger partial charge in [-0.1, -0.05) is 18.2 Å². The molecule has 0 aromatic heterocycles. The summed E-state index contributed by atoms with van der Waals surface area (Å²) in [6.45, 7) is 0. The van der Waals surface area contributed by atoms with Crippen LogP contribution in [0, 0.1) is 11.8 Å². The molecule has 22 heavy (non-hydrogen) atoms. The fraction of sp³-hybridized carbons (Fsp3) is 0.375. The maximum Gasteiger partial charge on any atom is 0.309 e. The number of methoxy groups -OCH3 is 1. The minimum Gasteiger partial charge on any atom is -0.469 e. The molecule has 5 nitrogen and oxygen atoms in total. The second-order valence-corrected chi connectivity index (χ2v) is 7.76. The van der Waals surface area contributed by atoms with E-state index in [0.717, 1.165) is 0 Å². The third kappa shape index (κ3) is 2.27. The topological polar surface area (TPSA) is 77.5 Å². The van der Waals surface area contributed by atoms with Crippen LogP contribution in [-0.2, 0) is 24.2 Å². The zero-order valence-electron chi connectivity index (χ0n) is 12.1. The van der Waals surface area contributed by atoms with E-state index in [1.807, 2.05) is 0 Å². The average molecular weight is 320 g/mol. The van der Waals surface area contributed by atoms with E-state index in [2.05, 4.69) is 0 Å². The molecule has 6 heteroatoms. The smallest absolute Gasteiger partial charge is 0.309 e. The molecule has 1 fully saturated rings. The van der Waals surface area contributed by atoms with Crippen LogP contribution in [0.4, 0.5) is 0 Å². The molecule has 116 valence electrons. The van der Waals surface area contributed by atoms with Crippen LogP contribution in [0.1, 0.15) is 12.8 Å². The Kier molecular flexibility index (Phi) is 3.64. The largest absolute Gasteiger partial charge is 0.469 e. The highest BCUT2D eigenvalue weighted by Crippen LogP contribution is 2.47. The molecule has 0 saturated heterocycles. The van der Waals surface area contributed by atoms with Gasteiger partial charge >= 0.3 is 5.97 Å². The number of rotatable bonds is 3. The van der Waals surface area contributed by atoms with E-state index < -0.39 is 27.0 Å². The normalized spacial score (nSPS) is 27.4. The van der Waals surface area contributed by atoms with Crippen LogP contribution in [0.15, 0.2) is 46.9 Å². The van der Waals surface area contributed by atoms with E-state index in [0.29, 0.717) is 5.57 Å². The Balaban J connectivity index is 2.02. The summed E-state index contributed by atoms with van der Waals surface area (Å²) in [5, 5.41) is -0.824. The molecule has 1 saturated carbocycles. The zero-order chi connectivity index (χ0) is 15.9. The van der Waals surface area contributed by atoms with Gasteiger partial charge in [-0.3, -0.25) is 9.59 Å². The third-order valence-corrected chi connectivity index (χ3v) is 6.60. The Morgan fingerprint density at radius 3 is 2.55 bits per heavy atom. The van der Waals surface area contributed by atoms with E-state index >= 15 is 0 Å². The molecule has 3 unspecified atom stereocenters. The quantitative estimate of drug-likeness (QED) is 0.790. The van der Waals surface area contributed by atoms with Gasteiger partial charge in [0.05, 0.1) is 23.2 Å². The number of ether oxygens (including phenoxy) is 1. The average Bonchev–Trinajstić information content (AvgIpc) is 3.04. The highest BCUT2D eigenvalue weighted by Gasteiger charge is 2.51. The maximum atomic E-state index is 12.8. The summed E-state index contributed by atoms with van der Waals surface area (Å²) in [6.07, 6.45) is 1.77. The second kappa shape index (κ2) is 5.35. The van der Waals surface area contributed by atoms with Crippen LogP contribution in [0.5, 0.6) is 0 Å². The van der Waals surface area contributed by atoms with Crippen LogP contribution in [0.25, 0.3) is 0 Å². The Hall–Kier alpha value is -1.95. The number of allylic oxidation sites excluding steroid dienone is 1. The lowest BCUT2D eigenvalue weighted by Gasteiger charge is -2.13. The number of fused-ring (bicyclic) bond motifs is 1. The molecule has 3 rings (SSSR count). The van der Waals surface area contributed by atoms with Gasteiger partial charge in [-0.05, 0) is 30.2 Å². The molecule has 1 aromatic rings. The number of esters is 1. The van der Waals surface area contributed by atoms with Crippen LogP contribution in [-0.4, -0.2) is 32.5 Å². The first-order valence-corrected chi connectivity index (χ1v) is 8.61. The van der Waals surface area contributed by atoms with Gasteiger partial charge in [0, 0.05) is 12.3 Å². The second-order valence-electron chi connectivity index (χ2n) is 5.63. The van der Waals surface area contributed by atoms with E-state index in [-0.39, 0.29) is 29.4 Å². The molecule has 2 aliphatic rings. The van der Waals surface area contributed by atoms with Gasteiger partial charge in [-0.2, -0.15) is 0 Å². The summed E-state index contributed by atoms with van der Waals surface area (Å²) in [5.41, 5.74) is 0.559. The third-order valence-electron chi connectivity index (χ3n) is 4.45. The molecule has 0 amide bonds. The van der Waals surface area contributed by atoms with Crippen molar-refractivity contribution < 1.29 is 22.7 Å². The molecule has 0 heterocycles. The standard InChI is InChI=1S/C16H16O5S/c1-21-16(18)14-9-15(13-8-10(17)7-12(13)14)22(19,20)11-5-3-2-4-6-11/h2-6,8,12,14-15H,7,9H2,1H3. The summed E-state index contributed by atoms with van der Waals surface area (Å²) in [7, 11) is -2.34. The predicted octanol–water partition coefficient (Wildman–Crippen LogP) is 1.54. The number of carbonyl (C=O) groups excluding carboxylic acids is 2. The molecule has 0 radical (unpaired) electrons. The van der Waals surface area contributed by atoms with Crippen molar-refractivity contribution in [2.75, 3.05) is 7.11 Å². The molecule has 0 spiro atoms. The zero-order valence-corrected chi connectivity index (χ0v) is 12.9. The minimum atomic E-state index is -3.62. The highest BCUT2D eigenvalue weighted by molar-refractivity contribution is 7.92. The molecule has 0 bridgehead atoms. The maximum absolute atomic E-state index is 12.8. The fourth-order valence-electron chi connectivity index (χ4n) is 3.42. The van der Waals surface area contributed by atoms with Gasteiger partial charge in [0.2, 0.25) is 0 Å². The van der Waals surface area contributed by atoms with Gasteiger partial charge in [0.1, 0.15) is 0 Å². The van der Waals surface area contributed by atoms with E-state index in [9.17, 15) is 18.0 Å². The van der Waals surface area contributed by atoms with Crippen LogP contribution >= 0.6 is 0 Å². The first-order valence-electron chi connectivity index (χ1n) is 7.06. The monoisotopic (exact) mass is 320 g/mol. The summed E-state index contributed by atoms with van der Waals surface area (Å²) in [4.78, 5) is 23.8. The van der Waals surface area contributed by atoms with Gasteiger partial charge in [-0.25, -0.2) is 8.42 Å². The Labute approximate surface area is 128 Å². The van der Waals surface area contributed by atoms with Crippen molar-refractivity contribution in [3.63, 3.8) is 0 Å². The van der Waals surface area contributed by atoms with Crippen molar-refractivity contribution >= 4 is 21.6 Å². The van der Waals surface area contributed by atoms with Gasteiger partial charge in [-0.15, -0.1) is 0 Å². The highest BCUT2D eigenvalue weighted by atomic mass is 32.2. The molecule has 2 aliphatic carbocycles. The van der Waals surface area contributed by atoms with Gasteiger partial charge in [0.15, 0.2) is 15.6 Å². The molecule has 0 aliphatic heterocycles. The number of ketones is 1. The molecular weight excluding hydrogens is 304 g/mol. The van der Waals surface area contributed by atoms with Crippen molar-refractivity contribution in [2.45, 2.75) is 23.0 Å². The fourth-order valence-corrected chi connectivity index (χ4v) is 5.34. The number of carbonyl (C=O) groups is 2. The Morgan fingerprint density at radius 1 is 1.23 bits per heavy atom. The minimum absolute atomic E-state index is 0.123. The van der Waals surface area contributed by atoms with Gasteiger partial charge < -0.3 is 4.74 Å². The number of benzene rings is 1. The lowest BCUT2D eigenvalue weighted by atomic mass is 9.94. The predicted molar refractivity (Wildman–Crippen MR) is 78.7 cm³/mol. The van der Waals surface area contributed by atoms with E-state index in [1.54, 1.807) is 18.2 Å². The first-order chi connectivity index (χ1) is 10.4. The van der Waals surface area contributed by atoms with E-state index in [4.69, 9.17) is 4.74 Å². The van der Waals surface area contributed by atoms with Crippen molar-refractivity contribution in [1.82, 2.24) is 0 Å². The SMILES string of the molecule is COC(=O)C1CC(S(=O)(=O)c2ccccc2)C2=CC(=O)CC21.